The van der Waals surface area contributed by atoms with Crippen molar-refractivity contribution in [3.63, 3.8) is 0 Å². The first-order valence-corrected chi connectivity index (χ1v) is 5.69. The molecule has 1 aromatic rings. The van der Waals surface area contributed by atoms with Gasteiger partial charge in [0.1, 0.15) is 6.61 Å². The number of thioether (sulfide) groups is 1. The average Bonchev–Trinajstić information content (AvgIpc) is 2.62. The molecule has 0 aliphatic rings. The Hall–Kier alpha value is -0.860. The molecule has 1 heterocycles. The van der Waals surface area contributed by atoms with Crippen LogP contribution < -0.4 is 4.74 Å². The molecule has 0 radical (unpaired) electrons. The second-order valence-electron chi connectivity index (χ2n) is 2.68. The Labute approximate surface area is 95.4 Å². The highest BCUT2D eigenvalue weighted by atomic mass is 32.2. The Kier molecular flexibility index (Phi) is 4.79. The predicted octanol–water partition coefficient (Wildman–Crippen LogP) is 0.683. The molecule has 0 bridgehead atoms. The summed E-state index contributed by atoms with van der Waals surface area (Å²) in [4.78, 5) is 16.7. The summed E-state index contributed by atoms with van der Waals surface area (Å²) in [5.41, 5.74) is 0. The summed E-state index contributed by atoms with van der Waals surface area (Å²) < 4.78 is 8.97. The van der Waals surface area contributed by atoms with E-state index in [1.807, 2.05) is 0 Å². The molecule has 0 saturated heterocycles. The van der Waals surface area contributed by atoms with Gasteiger partial charge in [-0.05, 0) is 0 Å². The highest BCUT2D eigenvalue weighted by molar-refractivity contribution is 8.13. The van der Waals surface area contributed by atoms with Gasteiger partial charge >= 0.3 is 0 Å². The minimum absolute atomic E-state index is 0.0707. The molecule has 1 aromatic heterocycles. The summed E-state index contributed by atoms with van der Waals surface area (Å²) in [5, 5.41) is 9.11. The first-order chi connectivity index (χ1) is 7.13. The third-order valence-electron chi connectivity index (χ3n) is 1.25. The van der Waals surface area contributed by atoms with Crippen molar-refractivity contribution in [3.05, 3.63) is 0 Å². The van der Waals surface area contributed by atoms with Gasteiger partial charge in [-0.3, -0.25) is 4.79 Å². The lowest BCUT2D eigenvalue weighted by Crippen LogP contribution is -2.16. The molecule has 1 amide bonds. The van der Waals surface area contributed by atoms with E-state index in [4.69, 9.17) is 9.84 Å². The zero-order valence-corrected chi connectivity index (χ0v) is 9.97. The van der Waals surface area contributed by atoms with Crippen molar-refractivity contribution in [1.29, 1.82) is 0 Å². The number of carbonyl (C=O) groups excluding carboxylic acids is 1. The number of aromatic nitrogens is 2. The molecule has 0 aliphatic carbocycles. The van der Waals surface area contributed by atoms with Gasteiger partial charge in [0.2, 0.25) is 5.16 Å². The van der Waals surface area contributed by atoms with Gasteiger partial charge in [-0.15, -0.1) is 0 Å². The summed E-state index contributed by atoms with van der Waals surface area (Å²) in [7, 11) is 3.32. The van der Waals surface area contributed by atoms with Crippen molar-refractivity contribution in [1.82, 2.24) is 14.3 Å². The zero-order chi connectivity index (χ0) is 11.3. The lowest BCUT2D eigenvalue weighted by molar-refractivity contribution is 0.200. The van der Waals surface area contributed by atoms with Gasteiger partial charge in [0.05, 0.1) is 6.61 Å². The molecule has 0 atom stereocenters. The first kappa shape index (κ1) is 12.2. The highest BCUT2D eigenvalue weighted by Gasteiger charge is 2.12. The van der Waals surface area contributed by atoms with Crippen LogP contribution in [0.15, 0.2) is 5.16 Å². The van der Waals surface area contributed by atoms with E-state index in [-0.39, 0.29) is 18.5 Å². The largest absolute Gasteiger partial charge is 0.467 e. The second-order valence-corrected chi connectivity index (χ2v) is 4.31. The molecule has 0 unspecified atom stereocenters. The molecule has 8 heteroatoms. The predicted molar refractivity (Wildman–Crippen MR) is 57.4 cm³/mol. The molecule has 15 heavy (non-hydrogen) atoms. The van der Waals surface area contributed by atoms with Gasteiger partial charge in [0.25, 0.3) is 10.4 Å². The Morgan fingerprint density at radius 1 is 1.67 bits per heavy atom. The third-order valence-corrected chi connectivity index (χ3v) is 2.90. The van der Waals surface area contributed by atoms with Crippen molar-refractivity contribution in [2.75, 3.05) is 27.3 Å². The Morgan fingerprint density at radius 2 is 2.40 bits per heavy atom. The van der Waals surface area contributed by atoms with E-state index in [9.17, 15) is 4.79 Å². The van der Waals surface area contributed by atoms with E-state index < -0.39 is 0 Å². The highest BCUT2D eigenvalue weighted by Crippen LogP contribution is 2.23. The van der Waals surface area contributed by atoms with Crippen LogP contribution in [0, 0.1) is 0 Å². The summed E-state index contributed by atoms with van der Waals surface area (Å²) in [5.74, 6) is 0. The Morgan fingerprint density at radius 3 is 3.00 bits per heavy atom. The number of ether oxygens (including phenoxy) is 1. The van der Waals surface area contributed by atoms with Gasteiger partial charge < -0.3 is 14.7 Å². The maximum Gasteiger partial charge on any atom is 0.294 e. The lowest BCUT2D eigenvalue weighted by Gasteiger charge is -2.06. The van der Waals surface area contributed by atoms with E-state index in [2.05, 4.69) is 9.36 Å². The maximum absolute atomic E-state index is 11.3. The van der Waals surface area contributed by atoms with Crippen LogP contribution in [0.1, 0.15) is 0 Å². The maximum atomic E-state index is 11.3. The molecule has 6 nitrogen and oxygen atoms in total. The van der Waals surface area contributed by atoms with Crippen LogP contribution in [-0.4, -0.2) is 51.9 Å². The SMILES string of the molecule is CN(C)C(=O)Sc1nsc(OCCO)n1. The van der Waals surface area contributed by atoms with Crippen LogP contribution in [0.5, 0.6) is 5.19 Å². The number of carbonyl (C=O) groups is 1. The molecule has 0 fully saturated rings. The smallest absolute Gasteiger partial charge is 0.294 e. The minimum atomic E-state index is -0.137. The van der Waals surface area contributed by atoms with E-state index in [0.29, 0.717) is 10.4 Å². The summed E-state index contributed by atoms with van der Waals surface area (Å²) in [6, 6.07) is 0. The molecule has 1 rings (SSSR count). The molecule has 1 N–H and O–H groups in total. The van der Waals surface area contributed by atoms with Crippen molar-refractivity contribution < 1.29 is 14.6 Å². The summed E-state index contributed by atoms with van der Waals surface area (Å²) in [6.07, 6.45) is 0. The van der Waals surface area contributed by atoms with Gasteiger partial charge in [0, 0.05) is 37.4 Å². The molecular formula is C7H11N3O3S2. The summed E-state index contributed by atoms with van der Waals surface area (Å²) >= 11 is 2.00. The molecular weight excluding hydrogens is 238 g/mol. The fraction of sp³-hybridized carbons (Fsp3) is 0.571. The quantitative estimate of drug-likeness (QED) is 0.791. The van der Waals surface area contributed by atoms with Gasteiger partial charge in [-0.25, -0.2) is 0 Å². The van der Waals surface area contributed by atoms with E-state index >= 15 is 0 Å². The second kappa shape index (κ2) is 5.89. The molecule has 0 aromatic carbocycles. The van der Waals surface area contributed by atoms with Gasteiger partial charge in [-0.1, -0.05) is 0 Å². The topological polar surface area (TPSA) is 75.6 Å². The first-order valence-electron chi connectivity index (χ1n) is 4.10. The minimum Gasteiger partial charge on any atom is -0.467 e. The fourth-order valence-corrected chi connectivity index (χ4v) is 1.85. The number of hydrogen-bond donors (Lipinski definition) is 1. The number of aliphatic hydroxyl groups excluding tert-OH is 1. The molecule has 84 valence electrons. The van der Waals surface area contributed by atoms with Gasteiger partial charge in [0.15, 0.2) is 0 Å². The van der Waals surface area contributed by atoms with Crippen LogP contribution in [0.3, 0.4) is 0 Å². The third kappa shape index (κ3) is 4.02. The average molecular weight is 249 g/mol. The number of aliphatic hydroxyl groups is 1. The van der Waals surface area contributed by atoms with Crippen LogP contribution in [0.2, 0.25) is 0 Å². The normalized spacial score (nSPS) is 10.1. The van der Waals surface area contributed by atoms with Crippen molar-refractivity contribution in [2.24, 2.45) is 0 Å². The van der Waals surface area contributed by atoms with E-state index in [0.717, 1.165) is 23.3 Å². The number of hydrogen-bond acceptors (Lipinski definition) is 7. The fourth-order valence-electron chi connectivity index (χ4n) is 0.599. The van der Waals surface area contributed by atoms with Crippen molar-refractivity contribution in [2.45, 2.75) is 5.16 Å². The van der Waals surface area contributed by atoms with Crippen LogP contribution in [0.25, 0.3) is 0 Å². The van der Waals surface area contributed by atoms with E-state index in [1.165, 1.54) is 4.90 Å². The number of amides is 1. The van der Waals surface area contributed by atoms with Crippen LogP contribution in [0.4, 0.5) is 4.79 Å². The monoisotopic (exact) mass is 249 g/mol. The van der Waals surface area contributed by atoms with E-state index in [1.54, 1.807) is 14.1 Å². The Balaban J connectivity index is 2.49. The standard InChI is InChI=1S/C7H11N3O3S2/c1-10(2)7(12)14-5-8-6(15-9-5)13-4-3-11/h11H,3-4H2,1-2H3. The van der Waals surface area contributed by atoms with Crippen LogP contribution in [-0.2, 0) is 0 Å². The van der Waals surface area contributed by atoms with Gasteiger partial charge in [-0.2, -0.15) is 9.36 Å². The van der Waals surface area contributed by atoms with Crippen LogP contribution >= 0.6 is 23.3 Å². The molecule has 0 spiro atoms. The number of nitrogens with zero attached hydrogens (tertiary/aromatic N) is 3. The lowest BCUT2D eigenvalue weighted by atomic mass is 10.8. The van der Waals surface area contributed by atoms with Crippen molar-refractivity contribution >= 4 is 28.5 Å². The zero-order valence-electron chi connectivity index (χ0n) is 8.34. The number of rotatable bonds is 4. The molecule has 0 aliphatic heterocycles. The molecule has 0 saturated carbocycles. The Bertz CT molecular complexity index is 329. The summed E-state index contributed by atoms with van der Waals surface area (Å²) in [6.45, 7) is 0.111. The van der Waals surface area contributed by atoms with Crippen molar-refractivity contribution in [3.8, 4) is 5.19 Å².